The first-order chi connectivity index (χ1) is 14.5. The number of rotatable bonds is 4. The maximum absolute atomic E-state index is 13.4. The predicted octanol–water partition coefficient (Wildman–Crippen LogP) is 2.88. The molecule has 2 aliphatic rings. The third-order valence-electron chi connectivity index (χ3n) is 5.11. The molecule has 2 aromatic rings. The molecule has 0 saturated carbocycles. The van der Waals surface area contributed by atoms with Crippen molar-refractivity contribution in [1.29, 1.82) is 0 Å². The Morgan fingerprint density at radius 1 is 1.03 bits per heavy atom. The number of benzene rings is 2. The summed E-state index contributed by atoms with van der Waals surface area (Å²) < 4.78 is 15.9. The van der Waals surface area contributed by atoms with E-state index in [-0.39, 0.29) is 40.5 Å². The van der Waals surface area contributed by atoms with Gasteiger partial charge in [0.2, 0.25) is 11.7 Å². The van der Waals surface area contributed by atoms with Gasteiger partial charge in [0.25, 0.3) is 0 Å². The van der Waals surface area contributed by atoms with Crippen molar-refractivity contribution in [1.82, 2.24) is 0 Å². The summed E-state index contributed by atoms with van der Waals surface area (Å²) >= 11 is 0. The van der Waals surface area contributed by atoms with Crippen molar-refractivity contribution in [3.63, 3.8) is 0 Å². The summed E-state index contributed by atoms with van der Waals surface area (Å²) in [6, 6.07) is 13.3. The average Bonchev–Trinajstić information content (AvgIpc) is 2.77. The zero-order valence-electron chi connectivity index (χ0n) is 16.4. The molecular formula is C23H19NO6. The summed E-state index contributed by atoms with van der Waals surface area (Å²) in [4.78, 5) is 39.2. The molecule has 1 aliphatic carbocycles. The Kier molecular flexibility index (Phi) is 4.87. The van der Waals surface area contributed by atoms with Crippen molar-refractivity contribution >= 4 is 17.5 Å². The molecule has 7 heteroatoms. The highest BCUT2D eigenvalue weighted by molar-refractivity contribution is 6.27. The van der Waals surface area contributed by atoms with Crippen LogP contribution >= 0.6 is 0 Å². The SMILES string of the molecule is CCOC(=O)C1=C(N)OC2=C(C(=O)c3ccccc3C2=O)C1c1ccc(OC)cc1. The van der Waals surface area contributed by atoms with Crippen LogP contribution in [0.25, 0.3) is 0 Å². The van der Waals surface area contributed by atoms with Crippen molar-refractivity contribution in [3.05, 3.63) is 88.0 Å². The van der Waals surface area contributed by atoms with Gasteiger partial charge in [0.15, 0.2) is 11.5 Å². The second-order valence-corrected chi connectivity index (χ2v) is 6.75. The number of esters is 1. The molecule has 152 valence electrons. The zero-order valence-corrected chi connectivity index (χ0v) is 16.4. The first-order valence-corrected chi connectivity index (χ1v) is 9.39. The lowest BCUT2D eigenvalue weighted by Crippen LogP contribution is -2.35. The molecular weight excluding hydrogens is 386 g/mol. The van der Waals surface area contributed by atoms with Gasteiger partial charge in [0, 0.05) is 11.1 Å². The quantitative estimate of drug-likeness (QED) is 0.780. The first-order valence-electron chi connectivity index (χ1n) is 9.39. The monoisotopic (exact) mass is 405 g/mol. The first kappa shape index (κ1) is 19.4. The van der Waals surface area contributed by atoms with E-state index < -0.39 is 23.5 Å². The van der Waals surface area contributed by atoms with Crippen molar-refractivity contribution in [2.75, 3.05) is 13.7 Å². The number of ether oxygens (including phenoxy) is 3. The van der Waals surface area contributed by atoms with Crippen molar-refractivity contribution < 1.29 is 28.6 Å². The number of carbonyl (C=O) groups is 3. The molecule has 4 rings (SSSR count). The number of Topliss-reactive ketones (excluding diaryl/α,β-unsaturated/α-hetero) is 2. The molecule has 0 bridgehead atoms. The van der Waals surface area contributed by atoms with E-state index in [1.807, 2.05) is 0 Å². The van der Waals surface area contributed by atoms with E-state index in [0.717, 1.165) is 0 Å². The maximum atomic E-state index is 13.4. The van der Waals surface area contributed by atoms with Crippen molar-refractivity contribution in [2.24, 2.45) is 5.73 Å². The number of nitrogens with two attached hydrogens (primary N) is 1. The van der Waals surface area contributed by atoms with Gasteiger partial charge >= 0.3 is 5.97 Å². The molecule has 1 atom stereocenters. The highest BCUT2D eigenvalue weighted by atomic mass is 16.5. The minimum Gasteiger partial charge on any atom is -0.497 e. The average molecular weight is 405 g/mol. The van der Waals surface area contributed by atoms with Crippen LogP contribution in [0.4, 0.5) is 0 Å². The Labute approximate surface area is 172 Å². The maximum Gasteiger partial charge on any atom is 0.340 e. The van der Waals surface area contributed by atoms with E-state index in [4.69, 9.17) is 19.9 Å². The second kappa shape index (κ2) is 7.51. The number of fused-ring (bicyclic) bond motifs is 1. The summed E-state index contributed by atoms with van der Waals surface area (Å²) in [5.41, 5.74) is 7.20. The Morgan fingerprint density at radius 2 is 1.67 bits per heavy atom. The molecule has 7 nitrogen and oxygen atoms in total. The summed E-state index contributed by atoms with van der Waals surface area (Å²) in [5, 5.41) is 0. The number of hydrogen-bond acceptors (Lipinski definition) is 7. The van der Waals surface area contributed by atoms with Crippen LogP contribution in [0.5, 0.6) is 5.75 Å². The van der Waals surface area contributed by atoms with Crippen LogP contribution in [0.1, 0.15) is 39.1 Å². The Hall–Kier alpha value is -3.87. The number of ketones is 2. The van der Waals surface area contributed by atoms with E-state index in [9.17, 15) is 14.4 Å². The Morgan fingerprint density at radius 3 is 2.27 bits per heavy atom. The lowest BCUT2D eigenvalue weighted by molar-refractivity contribution is -0.139. The fourth-order valence-corrected chi connectivity index (χ4v) is 3.74. The van der Waals surface area contributed by atoms with Crippen LogP contribution in [-0.2, 0) is 14.3 Å². The standard InChI is InChI=1S/C23H19NO6/c1-3-29-23(27)18-16(12-8-10-13(28-2)11-9-12)17-19(25)14-6-4-5-7-15(14)20(26)21(17)30-22(18)24/h4-11,16H,3,24H2,1-2H3. The van der Waals surface area contributed by atoms with Crippen LogP contribution in [0.3, 0.4) is 0 Å². The van der Waals surface area contributed by atoms with Gasteiger partial charge in [0.1, 0.15) is 11.3 Å². The summed E-state index contributed by atoms with van der Waals surface area (Å²) in [5.74, 6) is -2.28. The highest BCUT2D eigenvalue weighted by Crippen LogP contribution is 2.44. The Balaban J connectivity index is 1.93. The van der Waals surface area contributed by atoms with Crippen LogP contribution in [0.15, 0.2) is 71.3 Å². The Bertz CT molecular complexity index is 1130. The zero-order chi connectivity index (χ0) is 21.4. The number of methoxy groups -OCH3 is 1. The minimum absolute atomic E-state index is 0.0127. The van der Waals surface area contributed by atoms with E-state index in [1.165, 1.54) is 7.11 Å². The molecule has 2 aromatic carbocycles. The molecule has 0 saturated heterocycles. The van der Waals surface area contributed by atoms with Crippen LogP contribution < -0.4 is 10.5 Å². The number of carbonyl (C=O) groups excluding carboxylic acids is 3. The lowest BCUT2D eigenvalue weighted by atomic mass is 9.75. The third-order valence-corrected chi connectivity index (χ3v) is 5.11. The van der Waals surface area contributed by atoms with Gasteiger partial charge in [-0.3, -0.25) is 9.59 Å². The minimum atomic E-state index is -0.913. The van der Waals surface area contributed by atoms with Crippen LogP contribution in [0, 0.1) is 0 Å². The lowest BCUT2D eigenvalue weighted by Gasteiger charge is -2.32. The van der Waals surface area contributed by atoms with E-state index in [0.29, 0.717) is 11.3 Å². The van der Waals surface area contributed by atoms with Crippen molar-refractivity contribution in [3.8, 4) is 5.75 Å². The third kappa shape index (κ3) is 2.95. The molecule has 1 aliphatic heterocycles. The predicted molar refractivity (Wildman–Crippen MR) is 107 cm³/mol. The molecule has 0 fully saturated rings. The topological polar surface area (TPSA) is 105 Å². The highest BCUT2D eigenvalue weighted by Gasteiger charge is 2.45. The number of hydrogen-bond donors (Lipinski definition) is 1. The molecule has 2 N–H and O–H groups in total. The smallest absolute Gasteiger partial charge is 0.340 e. The van der Waals surface area contributed by atoms with Crippen LogP contribution in [-0.4, -0.2) is 31.3 Å². The van der Waals surface area contributed by atoms with Gasteiger partial charge in [-0.05, 0) is 24.6 Å². The second-order valence-electron chi connectivity index (χ2n) is 6.75. The molecule has 0 amide bonds. The van der Waals surface area contributed by atoms with E-state index in [1.54, 1.807) is 55.5 Å². The molecule has 1 heterocycles. The van der Waals surface area contributed by atoms with E-state index >= 15 is 0 Å². The summed E-state index contributed by atoms with van der Waals surface area (Å²) in [6.07, 6.45) is 0. The number of allylic oxidation sites excluding steroid dienone is 2. The summed E-state index contributed by atoms with van der Waals surface area (Å²) in [7, 11) is 1.53. The molecule has 0 spiro atoms. The molecule has 0 aromatic heterocycles. The normalized spacial score (nSPS) is 17.9. The molecule has 30 heavy (non-hydrogen) atoms. The molecule has 1 unspecified atom stereocenters. The van der Waals surface area contributed by atoms with Crippen LogP contribution in [0.2, 0.25) is 0 Å². The van der Waals surface area contributed by atoms with Crippen molar-refractivity contribution in [2.45, 2.75) is 12.8 Å². The van der Waals surface area contributed by atoms with E-state index in [2.05, 4.69) is 0 Å². The fraction of sp³-hybridized carbons (Fsp3) is 0.174. The van der Waals surface area contributed by atoms with Gasteiger partial charge in [-0.2, -0.15) is 0 Å². The van der Waals surface area contributed by atoms with Gasteiger partial charge in [-0.25, -0.2) is 4.79 Å². The fourth-order valence-electron chi connectivity index (χ4n) is 3.74. The van der Waals surface area contributed by atoms with Gasteiger partial charge < -0.3 is 19.9 Å². The van der Waals surface area contributed by atoms with Gasteiger partial charge in [-0.1, -0.05) is 36.4 Å². The van der Waals surface area contributed by atoms with Gasteiger partial charge in [0.05, 0.1) is 25.2 Å². The molecule has 0 radical (unpaired) electrons. The van der Waals surface area contributed by atoms with Gasteiger partial charge in [-0.15, -0.1) is 0 Å². The summed E-state index contributed by atoms with van der Waals surface area (Å²) in [6.45, 7) is 1.78. The largest absolute Gasteiger partial charge is 0.497 e.